The lowest BCUT2D eigenvalue weighted by Gasteiger charge is -2.05. The first-order valence-electron chi connectivity index (χ1n) is 6.50. The molecule has 6 heteroatoms. The van der Waals surface area contributed by atoms with E-state index in [0.717, 1.165) is 23.4 Å². The molecule has 0 saturated heterocycles. The Bertz CT molecular complexity index is 623. The second kappa shape index (κ2) is 6.67. The molecule has 0 aliphatic carbocycles. The number of H-pyrrole nitrogens is 1. The topological polar surface area (TPSA) is 78.9 Å². The molecular weight excluding hydrogens is 274 g/mol. The van der Waals surface area contributed by atoms with Gasteiger partial charge in [0.25, 0.3) is 5.56 Å². The average Bonchev–Trinajstić information content (AvgIpc) is 2.39. The maximum absolute atomic E-state index is 11.6. The summed E-state index contributed by atoms with van der Waals surface area (Å²) in [5.41, 5.74) is 1.28. The van der Waals surface area contributed by atoms with Crippen molar-refractivity contribution < 1.29 is 5.11 Å². The lowest BCUT2D eigenvalue weighted by Crippen LogP contribution is -2.09. The summed E-state index contributed by atoms with van der Waals surface area (Å²) in [6.45, 7) is 3.72. The molecule has 0 aliphatic rings. The van der Waals surface area contributed by atoms with Crippen LogP contribution >= 0.6 is 11.8 Å². The molecule has 0 saturated carbocycles. The lowest BCUT2D eigenvalue weighted by atomic mass is 10.2. The van der Waals surface area contributed by atoms with Gasteiger partial charge >= 0.3 is 0 Å². The number of rotatable bonds is 5. The minimum Gasteiger partial charge on any atom is -0.387 e. The Morgan fingerprint density at radius 2 is 2.25 bits per heavy atom. The van der Waals surface area contributed by atoms with Gasteiger partial charge in [-0.25, -0.2) is 4.98 Å². The number of aryl methyl sites for hydroxylation is 1. The lowest BCUT2D eigenvalue weighted by molar-refractivity contribution is 0.194. The maximum Gasteiger partial charge on any atom is 0.251 e. The number of nitrogens with one attached hydrogen (secondary N) is 1. The van der Waals surface area contributed by atoms with Crippen LogP contribution in [0.2, 0.25) is 0 Å². The van der Waals surface area contributed by atoms with E-state index in [0.29, 0.717) is 10.9 Å². The van der Waals surface area contributed by atoms with Crippen LogP contribution in [0.5, 0.6) is 0 Å². The van der Waals surface area contributed by atoms with E-state index in [1.54, 1.807) is 19.2 Å². The second-order valence-electron chi connectivity index (χ2n) is 4.49. The summed E-state index contributed by atoms with van der Waals surface area (Å²) >= 11 is 1.35. The predicted molar refractivity (Wildman–Crippen MR) is 77.8 cm³/mol. The Balaban J connectivity index is 2.18. The SMILES string of the molecule is CCCc1cc(=O)[nH]c(Sc2ccc([C@@H](C)O)nc2)n1. The van der Waals surface area contributed by atoms with Gasteiger partial charge in [0.05, 0.1) is 11.8 Å². The van der Waals surface area contributed by atoms with E-state index in [2.05, 4.69) is 15.0 Å². The molecule has 0 fully saturated rings. The van der Waals surface area contributed by atoms with Crippen LogP contribution in [0.3, 0.4) is 0 Å². The maximum atomic E-state index is 11.6. The van der Waals surface area contributed by atoms with Crippen LogP contribution in [-0.4, -0.2) is 20.1 Å². The summed E-state index contributed by atoms with van der Waals surface area (Å²) in [5.74, 6) is 0. The van der Waals surface area contributed by atoms with Gasteiger partial charge in [-0.05, 0) is 25.5 Å². The minimum absolute atomic E-state index is 0.139. The van der Waals surface area contributed by atoms with Gasteiger partial charge in [0.2, 0.25) is 0 Å². The molecule has 0 radical (unpaired) electrons. The Hall–Kier alpha value is -1.66. The predicted octanol–water partition coefficient (Wildman–Crippen LogP) is 2.32. The van der Waals surface area contributed by atoms with Crippen molar-refractivity contribution in [3.63, 3.8) is 0 Å². The molecule has 0 aromatic carbocycles. The molecule has 2 aromatic rings. The summed E-state index contributed by atoms with van der Waals surface area (Å²) in [5, 5.41) is 9.97. The van der Waals surface area contributed by atoms with Gasteiger partial charge in [0.15, 0.2) is 5.16 Å². The van der Waals surface area contributed by atoms with E-state index in [1.807, 2.05) is 13.0 Å². The number of hydrogen-bond donors (Lipinski definition) is 2. The molecule has 0 amide bonds. The molecule has 0 bridgehead atoms. The summed E-state index contributed by atoms with van der Waals surface area (Å²) in [4.78, 5) is 23.7. The molecule has 2 heterocycles. The van der Waals surface area contributed by atoms with Crippen LogP contribution in [-0.2, 0) is 6.42 Å². The van der Waals surface area contributed by atoms with E-state index < -0.39 is 6.10 Å². The normalized spacial score (nSPS) is 12.3. The number of hydrogen-bond acceptors (Lipinski definition) is 5. The van der Waals surface area contributed by atoms with Gasteiger partial charge in [-0.2, -0.15) is 0 Å². The van der Waals surface area contributed by atoms with E-state index in [-0.39, 0.29) is 5.56 Å². The van der Waals surface area contributed by atoms with Gasteiger partial charge in [-0.1, -0.05) is 25.1 Å². The van der Waals surface area contributed by atoms with E-state index in [1.165, 1.54) is 17.8 Å². The third-order valence-electron chi connectivity index (χ3n) is 2.68. The highest BCUT2D eigenvalue weighted by atomic mass is 32.2. The van der Waals surface area contributed by atoms with Crippen molar-refractivity contribution in [3.8, 4) is 0 Å². The van der Waals surface area contributed by atoms with Gasteiger partial charge in [-0.3, -0.25) is 9.78 Å². The van der Waals surface area contributed by atoms with E-state index >= 15 is 0 Å². The molecule has 0 aliphatic heterocycles. The number of pyridine rings is 1. The van der Waals surface area contributed by atoms with Crippen molar-refractivity contribution >= 4 is 11.8 Å². The van der Waals surface area contributed by atoms with Gasteiger partial charge < -0.3 is 10.1 Å². The molecule has 20 heavy (non-hydrogen) atoms. The zero-order chi connectivity index (χ0) is 14.5. The summed E-state index contributed by atoms with van der Waals surface area (Å²) in [6.07, 6.45) is 2.82. The number of aliphatic hydroxyl groups is 1. The Labute approximate surface area is 121 Å². The van der Waals surface area contributed by atoms with Crippen molar-refractivity contribution in [2.24, 2.45) is 0 Å². The molecule has 0 spiro atoms. The average molecular weight is 291 g/mol. The standard InChI is InChI=1S/C14H17N3O2S/c1-3-4-10-7-13(19)17-14(16-10)20-11-5-6-12(9(2)18)15-8-11/h5-9,18H,3-4H2,1-2H3,(H,16,17,19)/t9-/m1/s1. The quantitative estimate of drug-likeness (QED) is 0.827. The first kappa shape index (κ1) is 14.7. The van der Waals surface area contributed by atoms with Crippen molar-refractivity contribution in [1.82, 2.24) is 15.0 Å². The number of aliphatic hydroxyl groups excluding tert-OH is 1. The first-order chi connectivity index (χ1) is 9.58. The molecule has 0 unspecified atom stereocenters. The highest BCUT2D eigenvalue weighted by Gasteiger charge is 2.06. The summed E-state index contributed by atoms with van der Waals surface area (Å²) < 4.78 is 0. The first-order valence-corrected chi connectivity index (χ1v) is 7.32. The number of aromatic nitrogens is 3. The Morgan fingerprint density at radius 3 is 2.85 bits per heavy atom. The fourth-order valence-corrected chi connectivity index (χ4v) is 2.51. The minimum atomic E-state index is -0.583. The van der Waals surface area contributed by atoms with Crippen molar-refractivity contribution in [3.05, 3.63) is 46.1 Å². The number of aromatic amines is 1. The van der Waals surface area contributed by atoms with Gasteiger partial charge in [-0.15, -0.1) is 0 Å². The van der Waals surface area contributed by atoms with E-state index in [9.17, 15) is 9.90 Å². The molecule has 2 aromatic heterocycles. The zero-order valence-corrected chi connectivity index (χ0v) is 12.3. The molecule has 2 N–H and O–H groups in total. The summed E-state index contributed by atoms with van der Waals surface area (Å²) in [7, 11) is 0. The third kappa shape index (κ3) is 3.91. The smallest absolute Gasteiger partial charge is 0.251 e. The van der Waals surface area contributed by atoms with Crippen LogP contribution in [0, 0.1) is 0 Å². The monoisotopic (exact) mass is 291 g/mol. The van der Waals surface area contributed by atoms with Crippen LogP contribution in [0.25, 0.3) is 0 Å². The highest BCUT2D eigenvalue weighted by molar-refractivity contribution is 7.99. The van der Waals surface area contributed by atoms with Crippen LogP contribution in [0.4, 0.5) is 0 Å². The molecule has 2 rings (SSSR count). The molecule has 1 atom stereocenters. The fraction of sp³-hybridized carbons (Fsp3) is 0.357. The zero-order valence-electron chi connectivity index (χ0n) is 11.5. The van der Waals surface area contributed by atoms with Crippen LogP contribution < -0.4 is 5.56 Å². The summed E-state index contributed by atoms with van der Waals surface area (Å²) in [6, 6.07) is 5.15. The Kier molecular flexibility index (Phi) is 4.92. The molecule has 5 nitrogen and oxygen atoms in total. The largest absolute Gasteiger partial charge is 0.387 e. The van der Waals surface area contributed by atoms with Crippen molar-refractivity contribution in [2.75, 3.05) is 0 Å². The third-order valence-corrected chi connectivity index (χ3v) is 3.54. The fourth-order valence-electron chi connectivity index (χ4n) is 1.73. The van der Waals surface area contributed by atoms with E-state index in [4.69, 9.17) is 0 Å². The molecule has 106 valence electrons. The highest BCUT2D eigenvalue weighted by Crippen LogP contribution is 2.24. The van der Waals surface area contributed by atoms with Crippen molar-refractivity contribution in [2.45, 2.75) is 42.8 Å². The van der Waals surface area contributed by atoms with Crippen LogP contribution in [0.15, 0.2) is 39.2 Å². The van der Waals surface area contributed by atoms with Gasteiger partial charge in [0, 0.05) is 22.9 Å². The van der Waals surface area contributed by atoms with Crippen molar-refractivity contribution in [1.29, 1.82) is 0 Å². The number of nitrogens with zero attached hydrogens (tertiary/aromatic N) is 2. The van der Waals surface area contributed by atoms with Gasteiger partial charge in [0.1, 0.15) is 0 Å². The second-order valence-corrected chi connectivity index (χ2v) is 5.55. The van der Waals surface area contributed by atoms with Crippen LogP contribution in [0.1, 0.15) is 37.8 Å². The molecular formula is C14H17N3O2S. The Morgan fingerprint density at radius 1 is 1.45 bits per heavy atom.